The fourth-order valence-corrected chi connectivity index (χ4v) is 5.69. The molecule has 2 heterocycles. The third kappa shape index (κ3) is 2.02. The van der Waals surface area contributed by atoms with Gasteiger partial charge in [-0.05, 0) is 18.9 Å². The minimum Gasteiger partial charge on any atom is -0.477 e. The van der Waals surface area contributed by atoms with Crippen LogP contribution in [0.15, 0.2) is 29.2 Å². The van der Waals surface area contributed by atoms with Crippen LogP contribution in [0.3, 0.4) is 0 Å². The number of fused-ring (bicyclic) bond motifs is 1. The van der Waals surface area contributed by atoms with E-state index in [1.54, 1.807) is 24.3 Å². The maximum Gasteiger partial charge on any atom is 0.347 e. The lowest BCUT2D eigenvalue weighted by Gasteiger charge is -2.15. The Kier molecular flexibility index (Phi) is 3.27. The first kappa shape index (κ1) is 13.5. The van der Waals surface area contributed by atoms with Gasteiger partial charge < -0.3 is 5.11 Å². The van der Waals surface area contributed by atoms with Gasteiger partial charge in [0.05, 0.1) is 0 Å². The fraction of sp³-hybridized carbons (Fsp3) is 0.308. The summed E-state index contributed by atoms with van der Waals surface area (Å²) < 4.78 is 27.5. The molecule has 0 atom stereocenters. The number of aromatic carboxylic acids is 1. The van der Waals surface area contributed by atoms with Crippen LogP contribution in [0.4, 0.5) is 0 Å². The van der Waals surface area contributed by atoms with Gasteiger partial charge in [0.25, 0.3) is 0 Å². The van der Waals surface area contributed by atoms with E-state index in [4.69, 9.17) is 0 Å². The van der Waals surface area contributed by atoms with E-state index in [9.17, 15) is 18.3 Å². The Morgan fingerprint density at radius 2 is 1.85 bits per heavy atom. The predicted molar refractivity (Wildman–Crippen MR) is 76.8 cm³/mol. The number of thiophene rings is 1. The number of carboxylic acids is 1. The molecule has 7 heteroatoms. The van der Waals surface area contributed by atoms with E-state index < -0.39 is 16.0 Å². The van der Waals surface area contributed by atoms with E-state index in [0.717, 1.165) is 24.2 Å². The van der Waals surface area contributed by atoms with Crippen molar-refractivity contribution in [1.82, 2.24) is 4.31 Å². The summed E-state index contributed by atoms with van der Waals surface area (Å²) in [6.45, 7) is 0.928. The number of rotatable bonds is 3. The highest BCUT2D eigenvalue weighted by molar-refractivity contribution is 7.89. The van der Waals surface area contributed by atoms with Crippen molar-refractivity contribution in [3.05, 3.63) is 29.1 Å². The SMILES string of the molecule is O=C(O)c1sc2ccccc2c1S(=O)(=O)N1CCCC1. The molecule has 0 amide bonds. The van der Waals surface area contributed by atoms with Crippen LogP contribution >= 0.6 is 11.3 Å². The lowest BCUT2D eigenvalue weighted by molar-refractivity contribution is 0.0698. The van der Waals surface area contributed by atoms with Crippen molar-refractivity contribution in [2.24, 2.45) is 0 Å². The van der Waals surface area contributed by atoms with Crippen molar-refractivity contribution in [3.63, 3.8) is 0 Å². The van der Waals surface area contributed by atoms with Gasteiger partial charge in [-0.1, -0.05) is 18.2 Å². The maximum absolute atomic E-state index is 12.7. The van der Waals surface area contributed by atoms with Crippen LogP contribution in [0, 0.1) is 0 Å². The zero-order valence-electron chi connectivity index (χ0n) is 10.6. The number of benzene rings is 1. The number of sulfonamides is 1. The molecule has 3 rings (SSSR count). The Balaban J connectivity index is 2.28. The van der Waals surface area contributed by atoms with Gasteiger partial charge in [0, 0.05) is 23.2 Å². The average molecular weight is 311 g/mol. The summed E-state index contributed by atoms with van der Waals surface area (Å²) in [7, 11) is -3.73. The van der Waals surface area contributed by atoms with Crippen molar-refractivity contribution in [1.29, 1.82) is 0 Å². The molecule has 0 aliphatic carbocycles. The Morgan fingerprint density at radius 3 is 2.50 bits per heavy atom. The second-order valence-corrected chi connectivity index (χ2v) is 7.60. The van der Waals surface area contributed by atoms with Crippen molar-refractivity contribution < 1.29 is 18.3 Å². The van der Waals surface area contributed by atoms with Crippen LogP contribution in [0.25, 0.3) is 10.1 Å². The standard InChI is InChI=1S/C13H13NO4S2/c15-13(16)11-12(9-5-1-2-6-10(9)19-11)20(17,18)14-7-3-4-8-14/h1-2,5-6H,3-4,7-8H2,(H,15,16). The summed E-state index contributed by atoms with van der Waals surface area (Å²) in [5.74, 6) is -1.19. The molecule has 106 valence electrons. The lowest BCUT2D eigenvalue weighted by atomic mass is 10.2. The molecule has 0 unspecified atom stereocenters. The normalized spacial score (nSPS) is 16.8. The number of hydrogen-bond acceptors (Lipinski definition) is 4. The fourth-order valence-electron chi connectivity index (χ4n) is 2.48. The van der Waals surface area contributed by atoms with Gasteiger partial charge in [0.2, 0.25) is 10.0 Å². The second-order valence-electron chi connectivity index (χ2n) is 4.67. The van der Waals surface area contributed by atoms with Crippen molar-refractivity contribution in [3.8, 4) is 0 Å². The first-order valence-electron chi connectivity index (χ1n) is 6.27. The summed E-state index contributed by atoms with van der Waals surface area (Å²) in [6, 6.07) is 6.91. The molecule has 1 aromatic heterocycles. The monoisotopic (exact) mass is 311 g/mol. The van der Waals surface area contributed by atoms with Crippen LogP contribution in [0.1, 0.15) is 22.5 Å². The molecule has 20 heavy (non-hydrogen) atoms. The van der Waals surface area contributed by atoms with E-state index >= 15 is 0 Å². The highest BCUT2D eigenvalue weighted by Crippen LogP contribution is 2.37. The minimum atomic E-state index is -3.73. The van der Waals surface area contributed by atoms with E-state index in [1.807, 2.05) is 0 Å². The van der Waals surface area contributed by atoms with Crippen molar-refractivity contribution >= 4 is 37.4 Å². The molecule has 2 aromatic rings. The van der Waals surface area contributed by atoms with Crippen molar-refractivity contribution in [2.75, 3.05) is 13.1 Å². The average Bonchev–Trinajstić information content (AvgIpc) is 3.06. The molecule has 1 aliphatic heterocycles. The highest BCUT2D eigenvalue weighted by Gasteiger charge is 2.34. The Bertz CT molecular complexity index is 773. The zero-order chi connectivity index (χ0) is 14.3. The van der Waals surface area contributed by atoms with Crippen LogP contribution in [-0.2, 0) is 10.0 Å². The van der Waals surface area contributed by atoms with E-state index in [-0.39, 0.29) is 9.77 Å². The number of nitrogens with zero attached hydrogens (tertiary/aromatic N) is 1. The third-order valence-electron chi connectivity index (χ3n) is 3.41. The maximum atomic E-state index is 12.7. The predicted octanol–water partition coefficient (Wildman–Crippen LogP) is 2.38. The highest BCUT2D eigenvalue weighted by atomic mass is 32.2. The number of carbonyl (C=O) groups is 1. The van der Waals surface area contributed by atoms with E-state index in [0.29, 0.717) is 23.2 Å². The van der Waals surface area contributed by atoms with Crippen LogP contribution in [0.5, 0.6) is 0 Å². The minimum absolute atomic E-state index is 0.0486. The Hall–Kier alpha value is -1.44. The summed E-state index contributed by atoms with van der Waals surface area (Å²) >= 11 is 1.01. The second kappa shape index (κ2) is 4.83. The van der Waals surface area contributed by atoms with E-state index in [1.165, 1.54) is 4.31 Å². The first-order valence-corrected chi connectivity index (χ1v) is 8.52. The van der Waals surface area contributed by atoms with Crippen LogP contribution < -0.4 is 0 Å². The van der Waals surface area contributed by atoms with Gasteiger partial charge in [-0.2, -0.15) is 4.31 Å². The smallest absolute Gasteiger partial charge is 0.347 e. The summed E-state index contributed by atoms with van der Waals surface area (Å²) in [5.41, 5.74) is 0. The Morgan fingerprint density at radius 1 is 1.20 bits per heavy atom. The molecule has 0 saturated carbocycles. The molecule has 1 aliphatic rings. The van der Waals surface area contributed by atoms with Crippen molar-refractivity contribution in [2.45, 2.75) is 17.7 Å². The third-order valence-corrected chi connectivity index (χ3v) is 6.68. The Labute approximate surface area is 120 Å². The molecule has 1 aromatic carbocycles. The summed E-state index contributed by atoms with van der Waals surface area (Å²) in [5, 5.41) is 9.80. The van der Waals surface area contributed by atoms with Crippen LogP contribution in [0.2, 0.25) is 0 Å². The number of carboxylic acid groups (broad SMARTS) is 1. The molecule has 1 saturated heterocycles. The van der Waals surface area contributed by atoms with Gasteiger partial charge in [-0.25, -0.2) is 13.2 Å². The van der Waals surface area contributed by atoms with Crippen LogP contribution in [-0.4, -0.2) is 36.9 Å². The molecular formula is C13H13NO4S2. The zero-order valence-corrected chi connectivity index (χ0v) is 12.2. The molecule has 0 radical (unpaired) electrons. The lowest BCUT2D eigenvalue weighted by Crippen LogP contribution is -2.28. The van der Waals surface area contributed by atoms with E-state index in [2.05, 4.69) is 0 Å². The van der Waals surface area contributed by atoms with Gasteiger partial charge in [-0.15, -0.1) is 11.3 Å². The largest absolute Gasteiger partial charge is 0.477 e. The molecule has 0 spiro atoms. The molecule has 0 bridgehead atoms. The van der Waals surface area contributed by atoms with Gasteiger partial charge in [-0.3, -0.25) is 0 Å². The van der Waals surface area contributed by atoms with Gasteiger partial charge in [0.1, 0.15) is 9.77 Å². The molecular weight excluding hydrogens is 298 g/mol. The van der Waals surface area contributed by atoms with Gasteiger partial charge in [0.15, 0.2) is 0 Å². The number of hydrogen-bond donors (Lipinski definition) is 1. The molecule has 1 fully saturated rings. The first-order chi connectivity index (χ1) is 9.51. The molecule has 5 nitrogen and oxygen atoms in total. The van der Waals surface area contributed by atoms with Gasteiger partial charge >= 0.3 is 5.97 Å². The summed E-state index contributed by atoms with van der Waals surface area (Å²) in [6.07, 6.45) is 1.65. The topological polar surface area (TPSA) is 74.7 Å². The summed E-state index contributed by atoms with van der Waals surface area (Å²) in [4.78, 5) is 11.2. The quantitative estimate of drug-likeness (QED) is 0.944. The molecule has 1 N–H and O–H groups in total.